The van der Waals surface area contributed by atoms with Crippen LogP contribution in [0.4, 0.5) is 13.2 Å². The van der Waals surface area contributed by atoms with Gasteiger partial charge in [-0.2, -0.15) is 18.3 Å². The Morgan fingerprint density at radius 2 is 2.00 bits per heavy atom. The highest BCUT2D eigenvalue weighted by atomic mass is 32.2. The molecule has 0 unspecified atom stereocenters. The molecule has 0 bridgehead atoms. The van der Waals surface area contributed by atoms with Crippen LogP contribution < -0.4 is 0 Å². The summed E-state index contributed by atoms with van der Waals surface area (Å²) >= 11 is 0. The lowest BCUT2D eigenvalue weighted by Gasteiger charge is -2.08. The number of rotatable bonds is 5. The van der Waals surface area contributed by atoms with Crippen LogP contribution in [0.1, 0.15) is 26.0 Å². The molecule has 22 heavy (non-hydrogen) atoms. The van der Waals surface area contributed by atoms with Crippen molar-refractivity contribution in [1.82, 2.24) is 14.8 Å². The number of aromatic nitrogens is 3. The fourth-order valence-corrected chi connectivity index (χ4v) is 3.06. The van der Waals surface area contributed by atoms with Crippen molar-refractivity contribution in [3.05, 3.63) is 24.2 Å². The maximum atomic E-state index is 12.9. The number of pyridine rings is 1. The minimum absolute atomic E-state index is 0.0817. The Balaban J connectivity index is 2.26. The molecule has 0 aliphatic rings. The topological polar surface area (TPSA) is 64.8 Å². The monoisotopic (exact) mass is 335 g/mol. The van der Waals surface area contributed by atoms with Gasteiger partial charge in [0, 0.05) is 18.9 Å². The second-order valence-electron chi connectivity index (χ2n) is 5.23. The van der Waals surface area contributed by atoms with Gasteiger partial charge in [0.25, 0.3) is 0 Å². The van der Waals surface area contributed by atoms with E-state index in [1.54, 1.807) is 13.8 Å². The van der Waals surface area contributed by atoms with Crippen LogP contribution in [0.5, 0.6) is 0 Å². The highest BCUT2D eigenvalue weighted by Gasteiger charge is 2.36. The largest absolute Gasteiger partial charge is 0.435 e. The molecule has 2 heterocycles. The zero-order chi connectivity index (χ0) is 16.5. The van der Waals surface area contributed by atoms with Crippen molar-refractivity contribution in [3.63, 3.8) is 0 Å². The Morgan fingerprint density at radius 3 is 2.59 bits per heavy atom. The van der Waals surface area contributed by atoms with Gasteiger partial charge in [-0.3, -0.25) is 9.67 Å². The summed E-state index contributed by atoms with van der Waals surface area (Å²) < 4.78 is 63.5. The number of sulfone groups is 1. The van der Waals surface area contributed by atoms with Crippen LogP contribution >= 0.6 is 0 Å². The Bertz CT molecular complexity index is 766. The summed E-state index contributed by atoms with van der Waals surface area (Å²) in [5, 5.41) is 3.00. The van der Waals surface area contributed by atoms with Crippen LogP contribution in [-0.4, -0.2) is 34.2 Å². The highest BCUT2D eigenvalue weighted by Crippen LogP contribution is 2.33. The summed E-state index contributed by atoms with van der Waals surface area (Å²) in [7, 11) is -3.22. The van der Waals surface area contributed by atoms with Crippen molar-refractivity contribution in [3.8, 4) is 0 Å². The van der Waals surface area contributed by atoms with E-state index < -0.39 is 27.0 Å². The zero-order valence-electron chi connectivity index (χ0n) is 12.1. The van der Waals surface area contributed by atoms with Crippen LogP contribution in [0.25, 0.3) is 10.9 Å². The van der Waals surface area contributed by atoms with Gasteiger partial charge in [-0.05, 0) is 26.3 Å². The first kappa shape index (κ1) is 16.7. The third kappa shape index (κ3) is 3.40. The third-order valence-corrected chi connectivity index (χ3v) is 5.63. The molecule has 2 aromatic rings. The molecule has 5 nitrogen and oxygen atoms in total. The van der Waals surface area contributed by atoms with E-state index in [1.807, 2.05) is 0 Å². The fourth-order valence-electron chi connectivity index (χ4n) is 2.05. The molecule has 122 valence electrons. The molecule has 0 radical (unpaired) electrons. The van der Waals surface area contributed by atoms with Crippen molar-refractivity contribution >= 4 is 20.7 Å². The van der Waals surface area contributed by atoms with E-state index >= 15 is 0 Å². The van der Waals surface area contributed by atoms with Crippen LogP contribution in [0.15, 0.2) is 18.5 Å². The highest BCUT2D eigenvalue weighted by molar-refractivity contribution is 7.91. The van der Waals surface area contributed by atoms with E-state index in [0.29, 0.717) is 5.52 Å². The van der Waals surface area contributed by atoms with Gasteiger partial charge in [-0.15, -0.1) is 0 Å². The molecular weight excluding hydrogens is 319 g/mol. The molecule has 2 rings (SSSR count). The van der Waals surface area contributed by atoms with Crippen molar-refractivity contribution in [1.29, 1.82) is 0 Å². The second kappa shape index (κ2) is 5.86. The molecule has 0 atom stereocenters. The summed E-state index contributed by atoms with van der Waals surface area (Å²) in [6.07, 6.45) is -1.87. The molecule has 0 N–H and O–H groups in total. The SMILES string of the molecule is CC(C)S(=O)(=O)CCCn1nc(C(F)(F)F)c2cnccc21. The average Bonchev–Trinajstić information content (AvgIpc) is 2.78. The standard InChI is InChI=1S/C13H16F3N3O2S/c1-9(2)22(20,21)7-3-6-19-11-4-5-17-8-10(11)12(18-19)13(14,15)16/h4-5,8-9H,3,6-7H2,1-2H3. The quantitative estimate of drug-likeness (QED) is 0.843. The molecule has 0 aromatic carbocycles. The molecule has 0 spiro atoms. The van der Waals surface area contributed by atoms with Crippen molar-refractivity contribution in [2.75, 3.05) is 5.75 Å². The molecular formula is C13H16F3N3O2S. The summed E-state index contributed by atoms with van der Waals surface area (Å²) in [6.45, 7) is 3.25. The van der Waals surface area contributed by atoms with Crippen molar-refractivity contribution in [2.45, 2.75) is 38.2 Å². The predicted octanol–water partition coefficient (Wildman–Crippen LogP) is 2.66. The Hall–Kier alpha value is -1.64. The molecule has 0 fully saturated rings. The number of fused-ring (bicyclic) bond motifs is 1. The van der Waals surface area contributed by atoms with Gasteiger partial charge in [0.1, 0.15) is 0 Å². The van der Waals surface area contributed by atoms with E-state index in [4.69, 9.17) is 0 Å². The zero-order valence-corrected chi connectivity index (χ0v) is 12.9. The summed E-state index contributed by atoms with van der Waals surface area (Å²) in [4.78, 5) is 3.69. The Kier molecular flexibility index (Phi) is 4.46. The van der Waals surface area contributed by atoms with Gasteiger partial charge >= 0.3 is 6.18 Å². The van der Waals surface area contributed by atoms with Gasteiger partial charge in [0.15, 0.2) is 15.5 Å². The van der Waals surface area contributed by atoms with Crippen LogP contribution in [0.2, 0.25) is 0 Å². The molecule has 0 aliphatic heterocycles. The number of nitrogens with zero attached hydrogens (tertiary/aromatic N) is 3. The Morgan fingerprint density at radius 1 is 1.32 bits per heavy atom. The van der Waals surface area contributed by atoms with Gasteiger partial charge in [-0.1, -0.05) is 0 Å². The molecule has 0 saturated heterocycles. The van der Waals surface area contributed by atoms with Crippen LogP contribution in [0, 0.1) is 0 Å². The molecule has 0 aliphatic carbocycles. The maximum absolute atomic E-state index is 12.9. The third-order valence-electron chi connectivity index (χ3n) is 3.34. The second-order valence-corrected chi connectivity index (χ2v) is 7.91. The van der Waals surface area contributed by atoms with Crippen LogP contribution in [0.3, 0.4) is 0 Å². The first-order valence-electron chi connectivity index (χ1n) is 6.72. The minimum atomic E-state index is -4.57. The van der Waals surface area contributed by atoms with Gasteiger partial charge in [0.05, 0.1) is 21.9 Å². The van der Waals surface area contributed by atoms with E-state index in [0.717, 1.165) is 6.20 Å². The van der Waals surface area contributed by atoms with Crippen molar-refractivity contribution < 1.29 is 21.6 Å². The van der Waals surface area contributed by atoms with E-state index in [-0.39, 0.29) is 24.1 Å². The van der Waals surface area contributed by atoms with Gasteiger partial charge < -0.3 is 0 Å². The number of halogens is 3. The maximum Gasteiger partial charge on any atom is 0.435 e. The lowest BCUT2D eigenvalue weighted by molar-refractivity contribution is -0.140. The van der Waals surface area contributed by atoms with E-state index in [9.17, 15) is 21.6 Å². The van der Waals surface area contributed by atoms with Gasteiger partial charge in [-0.25, -0.2) is 8.42 Å². The molecule has 0 amide bonds. The fraction of sp³-hybridized carbons (Fsp3) is 0.538. The first-order chi connectivity index (χ1) is 10.1. The predicted molar refractivity (Wildman–Crippen MR) is 76.1 cm³/mol. The lowest BCUT2D eigenvalue weighted by atomic mass is 10.2. The summed E-state index contributed by atoms with van der Waals surface area (Å²) in [5.41, 5.74) is -0.702. The smallest absolute Gasteiger partial charge is 0.264 e. The van der Waals surface area contributed by atoms with E-state index in [1.165, 1.54) is 16.9 Å². The number of alkyl halides is 3. The summed E-state index contributed by atoms with van der Waals surface area (Å²) in [6, 6.07) is 1.44. The van der Waals surface area contributed by atoms with Crippen LogP contribution in [-0.2, 0) is 22.6 Å². The molecule has 0 saturated carbocycles. The van der Waals surface area contributed by atoms with Crippen molar-refractivity contribution in [2.24, 2.45) is 0 Å². The number of hydrogen-bond donors (Lipinski definition) is 0. The first-order valence-corrected chi connectivity index (χ1v) is 8.44. The van der Waals surface area contributed by atoms with E-state index in [2.05, 4.69) is 10.1 Å². The average molecular weight is 335 g/mol. The summed E-state index contributed by atoms with van der Waals surface area (Å²) in [5.74, 6) is -0.0849. The normalized spacial score (nSPS) is 13.2. The molecule has 9 heteroatoms. The Labute approximate surface area is 126 Å². The van der Waals surface area contributed by atoms with Gasteiger partial charge in [0.2, 0.25) is 0 Å². The number of aryl methyl sites for hydroxylation is 1. The minimum Gasteiger partial charge on any atom is -0.264 e. The number of hydrogen-bond acceptors (Lipinski definition) is 4. The molecule has 2 aromatic heterocycles. The lowest BCUT2D eigenvalue weighted by Crippen LogP contribution is -2.19.